The van der Waals surface area contributed by atoms with E-state index in [1.165, 1.54) is 0 Å². The highest BCUT2D eigenvalue weighted by Crippen LogP contribution is 2.44. The summed E-state index contributed by atoms with van der Waals surface area (Å²) in [6.07, 6.45) is 0. The van der Waals surface area contributed by atoms with Crippen LogP contribution in [0.5, 0.6) is 5.75 Å². The zero-order chi connectivity index (χ0) is 19.0. The van der Waals surface area contributed by atoms with E-state index in [9.17, 15) is 4.79 Å². The predicted molar refractivity (Wildman–Crippen MR) is 109 cm³/mol. The first-order chi connectivity index (χ1) is 13.1. The molecule has 0 bridgehead atoms. The van der Waals surface area contributed by atoms with E-state index < -0.39 is 0 Å². The molecule has 1 atom stereocenters. The molecule has 3 aromatic rings. The Morgan fingerprint density at radius 2 is 2.07 bits per heavy atom. The van der Waals surface area contributed by atoms with Crippen LogP contribution in [0.3, 0.4) is 0 Å². The van der Waals surface area contributed by atoms with Crippen molar-refractivity contribution in [2.45, 2.75) is 12.2 Å². The van der Waals surface area contributed by atoms with Gasteiger partial charge in [-0.15, -0.1) is 11.8 Å². The molecule has 2 aromatic carbocycles. The van der Waals surface area contributed by atoms with Crippen LogP contribution in [0.4, 0.5) is 5.82 Å². The Hall–Kier alpha value is -2.44. The lowest BCUT2D eigenvalue weighted by Gasteiger charge is -2.16. The van der Waals surface area contributed by atoms with Gasteiger partial charge >= 0.3 is 0 Å². The maximum atomic E-state index is 12.4. The molecule has 0 saturated carbocycles. The molecule has 0 aliphatic carbocycles. The lowest BCUT2D eigenvalue weighted by atomic mass is 10.0. The number of halogens is 1. The quantitative estimate of drug-likeness (QED) is 0.698. The summed E-state index contributed by atoms with van der Waals surface area (Å²) in [7, 11) is 1.65. The molecule has 0 saturated heterocycles. The molecule has 1 aliphatic rings. The summed E-state index contributed by atoms with van der Waals surface area (Å²) in [5, 5.41) is 8.25. The van der Waals surface area contributed by atoms with E-state index in [-0.39, 0.29) is 11.2 Å². The van der Waals surface area contributed by atoms with Crippen molar-refractivity contribution in [1.29, 1.82) is 0 Å². The van der Waals surface area contributed by atoms with E-state index in [4.69, 9.17) is 21.4 Å². The number of hydrogen-bond donors (Lipinski definition) is 1. The van der Waals surface area contributed by atoms with Crippen molar-refractivity contribution in [3.63, 3.8) is 0 Å². The first-order valence-electron chi connectivity index (χ1n) is 8.48. The summed E-state index contributed by atoms with van der Waals surface area (Å²) in [4.78, 5) is 12.4. The van der Waals surface area contributed by atoms with Gasteiger partial charge in [0.2, 0.25) is 5.91 Å². The summed E-state index contributed by atoms with van der Waals surface area (Å²) < 4.78 is 7.10. The van der Waals surface area contributed by atoms with Crippen molar-refractivity contribution in [2.75, 3.05) is 18.2 Å². The molecule has 138 valence electrons. The average molecular weight is 400 g/mol. The third-order valence-corrected chi connectivity index (χ3v) is 6.07. The van der Waals surface area contributed by atoms with E-state index in [0.29, 0.717) is 16.6 Å². The first-order valence-corrected chi connectivity index (χ1v) is 9.91. The minimum absolute atomic E-state index is 0.0368. The number of carbonyl (C=O) groups excluding carboxylic acids is 1. The summed E-state index contributed by atoms with van der Waals surface area (Å²) in [6.45, 7) is 1.96. The van der Waals surface area contributed by atoms with Gasteiger partial charge in [-0.3, -0.25) is 4.79 Å². The Morgan fingerprint density at radius 3 is 2.85 bits per heavy atom. The highest BCUT2D eigenvalue weighted by molar-refractivity contribution is 8.00. The highest BCUT2D eigenvalue weighted by atomic mass is 35.5. The van der Waals surface area contributed by atoms with Crippen LogP contribution in [-0.2, 0) is 4.79 Å². The van der Waals surface area contributed by atoms with Gasteiger partial charge in [-0.2, -0.15) is 5.10 Å². The molecule has 0 fully saturated rings. The third-order valence-electron chi connectivity index (χ3n) is 4.48. The van der Waals surface area contributed by atoms with E-state index in [1.54, 1.807) is 23.6 Å². The van der Waals surface area contributed by atoms with Crippen molar-refractivity contribution >= 4 is 35.1 Å². The number of nitrogens with one attached hydrogen (secondary N) is 1. The molecule has 0 radical (unpaired) electrons. The van der Waals surface area contributed by atoms with Gasteiger partial charge in [0, 0.05) is 5.56 Å². The van der Waals surface area contributed by atoms with Gasteiger partial charge in [-0.1, -0.05) is 35.9 Å². The molecular weight excluding hydrogens is 382 g/mol. The Morgan fingerprint density at radius 1 is 1.26 bits per heavy atom. The van der Waals surface area contributed by atoms with Crippen LogP contribution in [0, 0.1) is 6.92 Å². The van der Waals surface area contributed by atoms with Gasteiger partial charge in [0.05, 0.1) is 34.5 Å². The van der Waals surface area contributed by atoms with E-state index >= 15 is 0 Å². The lowest BCUT2D eigenvalue weighted by molar-refractivity contribution is -0.113. The molecule has 4 rings (SSSR count). The summed E-state index contributed by atoms with van der Waals surface area (Å²) in [5.74, 6) is 1.76. The zero-order valence-electron chi connectivity index (χ0n) is 14.9. The minimum atomic E-state index is -0.0557. The van der Waals surface area contributed by atoms with Gasteiger partial charge in [-0.05, 0) is 36.8 Å². The van der Waals surface area contributed by atoms with Crippen molar-refractivity contribution in [2.24, 2.45) is 0 Å². The molecule has 1 amide bonds. The molecular formula is C20H18ClN3O2S. The van der Waals surface area contributed by atoms with Gasteiger partial charge in [0.25, 0.3) is 0 Å². The van der Waals surface area contributed by atoms with E-state index in [1.807, 2.05) is 55.5 Å². The standard InChI is InChI=1S/C20H18ClN3O2S/c1-12-18-19(13-6-5-7-14(10-13)26-2)27-11-17(25)22-20(18)24(23-12)16-9-4-3-8-15(16)21/h3-10,19H,11H2,1-2H3,(H,22,25)/t19-/m0/s1. The fourth-order valence-corrected chi connectivity index (χ4v) is 4.64. The predicted octanol–water partition coefficient (Wildman–Crippen LogP) is 4.62. The van der Waals surface area contributed by atoms with Crippen molar-refractivity contribution < 1.29 is 9.53 Å². The molecule has 7 heteroatoms. The van der Waals surface area contributed by atoms with Crippen LogP contribution in [-0.4, -0.2) is 28.6 Å². The van der Waals surface area contributed by atoms with Crippen LogP contribution in [0.15, 0.2) is 48.5 Å². The Labute approximate surface area is 166 Å². The maximum absolute atomic E-state index is 12.4. The highest BCUT2D eigenvalue weighted by Gasteiger charge is 2.31. The number of methoxy groups -OCH3 is 1. The summed E-state index contributed by atoms with van der Waals surface area (Å²) in [6, 6.07) is 15.4. The Balaban J connectivity index is 1.90. The molecule has 2 heterocycles. The number of carbonyl (C=O) groups is 1. The van der Waals surface area contributed by atoms with Crippen molar-refractivity contribution in [1.82, 2.24) is 9.78 Å². The summed E-state index contributed by atoms with van der Waals surface area (Å²) in [5.41, 5.74) is 3.64. The molecule has 1 aromatic heterocycles. The minimum Gasteiger partial charge on any atom is -0.497 e. The molecule has 0 unspecified atom stereocenters. The number of rotatable bonds is 3. The fraction of sp³-hybridized carbons (Fsp3) is 0.200. The van der Waals surface area contributed by atoms with Gasteiger partial charge in [-0.25, -0.2) is 4.68 Å². The second-order valence-electron chi connectivity index (χ2n) is 6.23. The number of aromatic nitrogens is 2. The van der Waals surface area contributed by atoms with Gasteiger partial charge < -0.3 is 10.1 Å². The zero-order valence-corrected chi connectivity index (χ0v) is 16.5. The van der Waals surface area contributed by atoms with Crippen LogP contribution >= 0.6 is 23.4 Å². The lowest BCUT2D eigenvalue weighted by Crippen LogP contribution is -2.16. The largest absolute Gasteiger partial charge is 0.497 e. The number of aryl methyl sites for hydroxylation is 1. The SMILES string of the molecule is COc1cccc([C@@H]2SCC(=O)Nc3c2c(C)nn3-c2ccccc2Cl)c1. The van der Waals surface area contributed by atoms with Crippen molar-refractivity contribution in [3.8, 4) is 11.4 Å². The van der Waals surface area contributed by atoms with Crippen molar-refractivity contribution in [3.05, 3.63) is 70.4 Å². The maximum Gasteiger partial charge on any atom is 0.235 e. The number of benzene rings is 2. The topological polar surface area (TPSA) is 56.1 Å². The van der Waals surface area contributed by atoms with E-state index in [0.717, 1.165) is 28.3 Å². The monoisotopic (exact) mass is 399 g/mol. The second kappa shape index (κ2) is 7.29. The van der Waals surface area contributed by atoms with Crippen LogP contribution in [0.2, 0.25) is 5.02 Å². The van der Waals surface area contributed by atoms with Crippen LogP contribution < -0.4 is 10.1 Å². The van der Waals surface area contributed by atoms with Crippen LogP contribution in [0.25, 0.3) is 5.69 Å². The second-order valence-corrected chi connectivity index (χ2v) is 7.73. The Bertz CT molecular complexity index is 1020. The third kappa shape index (κ3) is 3.31. The number of amides is 1. The smallest absolute Gasteiger partial charge is 0.235 e. The number of fused-ring (bicyclic) bond motifs is 1. The molecule has 5 nitrogen and oxygen atoms in total. The normalized spacial score (nSPS) is 16.4. The molecule has 1 aliphatic heterocycles. The molecule has 1 N–H and O–H groups in total. The first kappa shape index (κ1) is 17.9. The molecule has 27 heavy (non-hydrogen) atoms. The molecule has 0 spiro atoms. The van der Waals surface area contributed by atoms with E-state index in [2.05, 4.69) is 5.32 Å². The number of hydrogen-bond acceptors (Lipinski definition) is 4. The van der Waals surface area contributed by atoms with Gasteiger partial charge in [0.1, 0.15) is 11.6 Å². The van der Waals surface area contributed by atoms with Crippen LogP contribution in [0.1, 0.15) is 22.1 Å². The number of nitrogens with zero attached hydrogens (tertiary/aromatic N) is 2. The average Bonchev–Trinajstić information content (AvgIpc) is 2.87. The number of thioether (sulfide) groups is 1. The number of ether oxygens (including phenoxy) is 1. The number of anilines is 1. The number of para-hydroxylation sites is 1. The fourth-order valence-electron chi connectivity index (χ4n) is 3.25. The Kier molecular flexibility index (Phi) is 4.85. The summed E-state index contributed by atoms with van der Waals surface area (Å²) >= 11 is 7.97. The van der Waals surface area contributed by atoms with Gasteiger partial charge in [0.15, 0.2) is 0 Å².